The van der Waals surface area contributed by atoms with E-state index in [9.17, 15) is 14.7 Å². The first-order chi connectivity index (χ1) is 27.4. The van der Waals surface area contributed by atoms with Gasteiger partial charge in [-0.3, -0.25) is 4.57 Å². The third-order valence-corrected chi connectivity index (χ3v) is 10.9. The summed E-state index contributed by atoms with van der Waals surface area (Å²) in [5.41, 5.74) is 6.15. The van der Waals surface area contributed by atoms with Gasteiger partial charge in [0, 0.05) is 49.4 Å². The number of imidazole rings is 1. The highest BCUT2D eigenvalue weighted by Crippen LogP contribution is 2.42. The molecular formula is C45H47N5O6. The Morgan fingerprint density at radius 3 is 2.20 bits per heavy atom. The topological polar surface area (TPSA) is 130 Å². The van der Waals surface area contributed by atoms with Gasteiger partial charge in [-0.25, -0.2) is 9.59 Å². The van der Waals surface area contributed by atoms with Crippen LogP contribution in [-0.4, -0.2) is 51.3 Å². The fourth-order valence-corrected chi connectivity index (χ4v) is 7.76. The number of benzene rings is 5. The molecule has 0 radical (unpaired) electrons. The molecule has 0 spiro atoms. The third kappa shape index (κ3) is 8.56. The predicted molar refractivity (Wildman–Crippen MR) is 215 cm³/mol. The van der Waals surface area contributed by atoms with E-state index in [1.807, 2.05) is 120 Å². The maximum atomic E-state index is 12.9. The number of nitrogens with one attached hydrogen (secondary N) is 3. The van der Waals surface area contributed by atoms with Crippen molar-refractivity contribution in [3.05, 3.63) is 160 Å². The number of rotatable bonds is 11. The summed E-state index contributed by atoms with van der Waals surface area (Å²) >= 11 is 0. The summed E-state index contributed by atoms with van der Waals surface area (Å²) in [6.45, 7) is 4.95. The highest BCUT2D eigenvalue weighted by Gasteiger charge is 2.39. The van der Waals surface area contributed by atoms with Crippen LogP contribution in [-0.2, 0) is 22.6 Å². The number of aliphatic hydroxyl groups is 1. The Balaban J connectivity index is 0.897. The number of urea groups is 1. The Kier molecular flexibility index (Phi) is 11.3. The highest BCUT2D eigenvalue weighted by molar-refractivity contribution is 5.89. The Morgan fingerprint density at radius 2 is 1.46 bits per heavy atom. The molecule has 288 valence electrons. The normalized spacial score (nSPS) is 20.5. The zero-order valence-corrected chi connectivity index (χ0v) is 31.3. The molecule has 2 amide bonds. The second-order valence-electron chi connectivity index (χ2n) is 14.7. The number of H-pyrrole nitrogens is 1. The number of carbonyl (C=O) groups excluding carboxylic acids is 1. The van der Waals surface area contributed by atoms with Crippen LogP contribution in [0.15, 0.2) is 132 Å². The zero-order chi connectivity index (χ0) is 38.4. The number of fused-ring (bicyclic) bond motifs is 1. The van der Waals surface area contributed by atoms with Crippen LogP contribution in [0.2, 0.25) is 0 Å². The molecule has 5 aromatic carbocycles. The lowest BCUT2D eigenvalue weighted by Gasteiger charge is -2.44. The molecule has 0 saturated carbocycles. The summed E-state index contributed by atoms with van der Waals surface area (Å²) < 4.78 is 21.2. The van der Waals surface area contributed by atoms with Crippen molar-refractivity contribution in [3.8, 4) is 11.5 Å². The van der Waals surface area contributed by atoms with Gasteiger partial charge in [-0.1, -0.05) is 85.8 Å². The summed E-state index contributed by atoms with van der Waals surface area (Å²) in [5, 5.41) is 15.5. The number of piperidine rings is 1. The molecule has 11 nitrogen and oxygen atoms in total. The monoisotopic (exact) mass is 753 g/mol. The molecule has 2 fully saturated rings. The minimum absolute atomic E-state index is 0.0169. The first-order valence-corrected chi connectivity index (χ1v) is 19.3. The molecular weight excluding hydrogens is 707 g/mol. The van der Waals surface area contributed by atoms with Crippen LogP contribution in [0.1, 0.15) is 60.5 Å². The Hall–Kier alpha value is -5.72. The van der Waals surface area contributed by atoms with E-state index in [4.69, 9.17) is 14.2 Å². The summed E-state index contributed by atoms with van der Waals surface area (Å²) in [7, 11) is 0. The van der Waals surface area contributed by atoms with Gasteiger partial charge in [0.1, 0.15) is 11.5 Å². The Labute approximate surface area is 325 Å². The summed E-state index contributed by atoms with van der Waals surface area (Å²) in [6, 6.07) is 40.4. The molecule has 0 bridgehead atoms. The summed E-state index contributed by atoms with van der Waals surface area (Å²) in [5.74, 6) is 1.48. The molecule has 0 aliphatic carbocycles. The van der Waals surface area contributed by atoms with Crippen LogP contribution in [0.4, 0.5) is 10.5 Å². The SMILES string of the molecule is C[C@H]1[C@@H](CN2CCC(n3c(=O)[nH]c4ccccc43)CC2)O[C@@H](c2ccc(CNC(=O)Nc3ccc(Oc4ccccc4)cc3)cc2)O[C@H]1c1ccc(CO)cc1. The Bertz CT molecular complexity index is 2270. The standard InChI is InChI=1S/C45H47N5O6/c1-30-41(28-49-25-23-36(24-26-49)50-40-10-6-5-9-39(40)48-45(50)53)55-43(56-42(30)33-15-13-32(29-51)14-16-33)34-17-11-31(12-18-34)27-46-44(52)47-35-19-21-38(22-20-35)54-37-7-3-2-4-8-37/h2-22,30,36,41-43,51H,23-29H2,1H3,(H,48,53)(H2,46,47,52)/t30-,41+,42+,43+/m0/s1. The van der Waals surface area contributed by atoms with Gasteiger partial charge in [0.2, 0.25) is 0 Å². The summed E-state index contributed by atoms with van der Waals surface area (Å²) in [4.78, 5) is 31.1. The molecule has 4 N–H and O–H groups in total. The lowest BCUT2D eigenvalue weighted by Crippen LogP contribution is -2.47. The smallest absolute Gasteiger partial charge is 0.326 e. The van der Waals surface area contributed by atoms with Gasteiger partial charge in [-0.05, 0) is 78.1 Å². The van der Waals surface area contributed by atoms with Gasteiger partial charge >= 0.3 is 11.7 Å². The van der Waals surface area contributed by atoms with Crippen molar-refractivity contribution in [2.45, 2.75) is 57.5 Å². The van der Waals surface area contributed by atoms with Crippen molar-refractivity contribution in [3.63, 3.8) is 0 Å². The van der Waals surface area contributed by atoms with E-state index in [0.717, 1.165) is 71.5 Å². The molecule has 1 aromatic heterocycles. The molecule has 6 aromatic rings. The average Bonchev–Trinajstić information content (AvgIpc) is 3.58. The van der Waals surface area contributed by atoms with Crippen molar-refractivity contribution in [2.75, 3.05) is 25.0 Å². The first-order valence-electron chi connectivity index (χ1n) is 19.3. The van der Waals surface area contributed by atoms with E-state index in [1.165, 1.54) is 0 Å². The maximum Gasteiger partial charge on any atom is 0.326 e. The molecule has 4 atom stereocenters. The number of anilines is 1. The zero-order valence-electron chi connectivity index (χ0n) is 31.3. The van der Waals surface area contributed by atoms with Gasteiger partial charge in [0.25, 0.3) is 0 Å². The number of ether oxygens (including phenoxy) is 3. The summed E-state index contributed by atoms with van der Waals surface area (Å²) in [6.07, 6.45) is 0.808. The number of aliphatic hydroxyl groups excluding tert-OH is 1. The van der Waals surface area contributed by atoms with Crippen LogP contribution in [0, 0.1) is 5.92 Å². The minimum atomic E-state index is -0.597. The van der Waals surface area contributed by atoms with Crippen molar-refractivity contribution in [1.29, 1.82) is 0 Å². The van der Waals surface area contributed by atoms with Gasteiger partial charge in [-0.15, -0.1) is 0 Å². The van der Waals surface area contributed by atoms with E-state index >= 15 is 0 Å². The number of aromatic amines is 1. The number of carbonyl (C=O) groups is 1. The first kappa shape index (κ1) is 37.2. The van der Waals surface area contributed by atoms with Crippen molar-refractivity contribution < 1.29 is 24.1 Å². The lowest BCUT2D eigenvalue weighted by molar-refractivity contribution is -0.276. The fraction of sp³-hybridized carbons (Fsp3) is 0.289. The van der Waals surface area contributed by atoms with Crippen molar-refractivity contribution >= 4 is 22.8 Å². The number of para-hydroxylation sites is 3. The number of nitrogens with zero attached hydrogens (tertiary/aromatic N) is 2. The molecule has 8 rings (SSSR count). The second kappa shape index (κ2) is 17.0. The lowest BCUT2D eigenvalue weighted by atomic mass is 9.89. The highest BCUT2D eigenvalue weighted by atomic mass is 16.7. The molecule has 2 saturated heterocycles. The number of amides is 2. The van der Waals surface area contributed by atoms with Crippen LogP contribution in [0.3, 0.4) is 0 Å². The molecule has 2 aliphatic rings. The number of aromatic nitrogens is 2. The van der Waals surface area contributed by atoms with Gasteiger partial charge in [-0.2, -0.15) is 0 Å². The number of likely N-dealkylation sites (tertiary alicyclic amines) is 1. The van der Waals surface area contributed by atoms with Gasteiger partial charge in [0.05, 0.1) is 29.8 Å². The molecule has 56 heavy (non-hydrogen) atoms. The van der Waals surface area contributed by atoms with E-state index < -0.39 is 6.29 Å². The second-order valence-corrected chi connectivity index (χ2v) is 14.7. The van der Waals surface area contributed by atoms with Crippen LogP contribution >= 0.6 is 0 Å². The number of hydrogen-bond donors (Lipinski definition) is 4. The molecule has 3 heterocycles. The fourth-order valence-electron chi connectivity index (χ4n) is 7.76. The maximum absolute atomic E-state index is 12.9. The Morgan fingerprint density at radius 1 is 0.804 bits per heavy atom. The minimum Gasteiger partial charge on any atom is -0.457 e. The van der Waals surface area contributed by atoms with E-state index in [1.54, 1.807) is 12.1 Å². The van der Waals surface area contributed by atoms with Crippen LogP contribution in [0.25, 0.3) is 11.0 Å². The quantitative estimate of drug-likeness (QED) is 0.105. The van der Waals surface area contributed by atoms with Crippen LogP contribution < -0.4 is 21.1 Å². The van der Waals surface area contributed by atoms with E-state index in [2.05, 4.69) is 27.4 Å². The van der Waals surface area contributed by atoms with Crippen molar-refractivity contribution in [1.82, 2.24) is 19.8 Å². The average molecular weight is 754 g/mol. The number of hydrogen-bond acceptors (Lipinski definition) is 7. The van der Waals surface area contributed by atoms with Crippen LogP contribution in [0.5, 0.6) is 11.5 Å². The van der Waals surface area contributed by atoms with E-state index in [0.29, 0.717) is 18.0 Å². The largest absolute Gasteiger partial charge is 0.457 e. The predicted octanol–water partition coefficient (Wildman–Crippen LogP) is 8.06. The van der Waals surface area contributed by atoms with Crippen molar-refractivity contribution in [2.24, 2.45) is 5.92 Å². The third-order valence-electron chi connectivity index (χ3n) is 10.9. The molecule has 2 aliphatic heterocycles. The van der Waals surface area contributed by atoms with Gasteiger partial charge < -0.3 is 39.8 Å². The van der Waals surface area contributed by atoms with E-state index in [-0.39, 0.29) is 42.5 Å². The molecule has 11 heteroatoms. The molecule has 0 unspecified atom stereocenters. The van der Waals surface area contributed by atoms with Gasteiger partial charge in [0.15, 0.2) is 6.29 Å².